The average molecular weight is 490 g/mol. The molecule has 1 aliphatic heterocycles. The number of thiophene rings is 1. The van der Waals surface area contributed by atoms with Crippen LogP contribution in [0.15, 0.2) is 72.1 Å². The number of hydrogen-bond acceptors (Lipinski definition) is 4. The van der Waals surface area contributed by atoms with Gasteiger partial charge in [-0.1, -0.05) is 43.3 Å². The second-order valence-electron chi connectivity index (χ2n) is 8.74. The Balaban J connectivity index is 1.34. The second kappa shape index (κ2) is 11.8. The van der Waals surface area contributed by atoms with E-state index in [0.717, 1.165) is 24.8 Å². The van der Waals surface area contributed by atoms with Crippen LogP contribution < -0.4 is 5.32 Å². The third kappa shape index (κ3) is 6.17. The van der Waals surface area contributed by atoms with Crippen molar-refractivity contribution in [3.05, 3.63) is 93.7 Å². The zero-order valence-electron chi connectivity index (χ0n) is 20.0. The molecule has 4 rings (SSSR count). The number of hydrogen-bond donors (Lipinski definition) is 1. The molecule has 2 heterocycles. The van der Waals surface area contributed by atoms with Crippen LogP contribution in [0.1, 0.15) is 62.1 Å². The van der Waals surface area contributed by atoms with Crippen LogP contribution in [-0.4, -0.2) is 53.2 Å². The lowest BCUT2D eigenvalue weighted by molar-refractivity contribution is 0.0519. The van der Waals surface area contributed by atoms with Crippen molar-refractivity contribution in [3.63, 3.8) is 0 Å². The topological polar surface area (TPSA) is 69.7 Å². The van der Waals surface area contributed by atoms with Crippen LogP contribution >= 0.6 is 11.3 Å². The molecule has 0 atom stereocenters. The van der Waals surface area contributed by atoms with Crippen molar-refractivity contribution in [1.82, 2.24) is 15.1 Å². The van der Waals surface area contributed by atoms with Gasteiger partial charge in [0.1, 0.15) is 0 Å². The molecule has 1 aliphatic rings. The van der Waals surface area contributed by atoms with Gasteiger partial charge in [0.15, 0.2) is 0 Å². The zero-order valence-corrected chi connectivity index (χ0v) is 20.8. The highest BCUT2D eigenvalue weighted by molar-refractivity contribution is 7.12. The van der Waals surface area contributed by atoms with Gasteiger partial charge in [-0.25, -0.2) is 0 Å². The van der Waals surface area contributed by atoms with Crippen LogP contribution in [0.2, 0.25) is 0 Å². The van der Waals surface area contributed by atoms with E-state index in [1.807, 2.05) is 75.8 Å². The Kier molecular flexibility index (Phi) is 8.32. The monoisotopic (exact) mass is 489 g/mol. The summed E-state index contributed by atoms with van der Waals surface area (Å²) < 4.78 is 0. The maximum absolute atomic E-state index is 13.4. The van der Waals surface area contributed by atoms with E-state index in [9.17, 15) is 14.4 Å². The van der Waals surface area contributed by atoms with E-state index >= 15 is 0 Å². The molecule has 0 radical (unpaired) electrons. The first-order valence-corrected chi connectivity index (χ1v) is 13.0. The fraction of sp³-hybridized carbons (Fsp3) is 0.321. The lowest BCUT2D eigenvalue weighted by atomic mass is 10.00. The van der Waals surface area contributed by atoms with Crippen LogP contribution in [0, 0.1) is 0 Å². The van der Waals surface area contributed by atoms with Crippen LogP contribution in [-0.2, 0) is 6.54 Å². The van der Waals surface area contributed by atoms with Crippen LogP contribution in [0.5, 0.6) is 0 Å². The number of nitrogens with one attached hydrogen (secondary N) is 1. The van der Waals surface area contributed by atoms with Gasteiger partial charge < -0.3 is 15.1 Å². The first-order chi connectivity index (χ1) is 17.1. The smallest absolute Gasteiger partial charge is 0.261 e. The third-order valence-electron chi connectivity index (χ3n) is 6.34. The van der Waals surface area contributed by atoms with E-state index < -0.39 is 0 Å². The molecule has 3 amide bonds. The summed E-state index contributed by atoms with van der Waals surface area (Å²) in [6.07, 6.45) is 2.43. The lowest BCUT2D eigenvalue weighted by Crippen LogP contribution is -2.49. The molecule has 35 heavy (non-hydrogen) atoms. The highest BCUT2D eigenvalue weighted by Gasteiger charge is 2.30. The molecule has 2 aromatic carbocycles. The summed E-state index contributed by atoms with van der Waals surface area (Å²) in [6.45, 7) is 4.48. The molecule has 6 nitrogen and oxygen atoms in total. The van der Waals surface area contributed by atoms with Crippen LogP contribution in [0.4, 0.5) is 0 Å². The summed E-state index contributed by atoms with van der Waals surface area (Å²) in [6, 6.07) is 20.6. The molecule has 3 aromatic rings. The number of rotatable bonds is 8. The normalized spacial score (nSPS) is 13.9. The maximum Gasteiger partial charge on any atom is 0.261 e. The molecule has 0 saturated carbocycles. The van der Waals surface area contributed by atoms with Gasteiger partial charge in [-0.15, -0.1) is 11.3 Å². The fourth-order valence-corrected chi connectivity index (χ4v) is 5.08. The number of amides is 3. The standard InChI is InChI=1S/C28H31N3O3S/c1-2-16-31(24-14-17-30(18-15-24)27(33)22-7-4-3-5-8-22)28(34)23-12-10-21(11-13-23)20-29-26(32)25-9-6-19-35-25/h3-13,19,24H,2,14-18,20H2,1H3,(H,29,32). The van der Waals surface area contributed by atoms with E-state index in [-0.39, 0.29) is 23.8 Å². The van der Waals surface area contributed by atoms with Crippen molar-refractivity contribution >= 4 is 29.1 Å². The number of likely N-dealkylation sites (tertiary alicyclic amines) is 1. The number of nitrogens with zero attached hydrogens (tertiary/aromatic N) is 2. The quantitative estimate of drug-likeness (QED) is 0.493. The highest BCUT2D eigenvalue weighted by Crippen LogP contribution is 2.21. The van der Waals surface area contributed by atoms with Crippen molar-refractivity contribution in [3.8, 4) is 0 Å². The summed E-state index contributed by atoms with van der Waals surface area (Å²) in [5.41, 5.74) is 2.30. The van der Waals surface area contributed by atoms with E-state index in [4.69, 9.17) is 0 Å². The predicted molar refractivity (Wildman–Crippen MR) is 139 cm³/mol. The average Bonchev–Trinajstić information content (AvgIpc) is 3.46. The van der Waals surface area contributed by atoms with Gasteiger partial charge in [0.05, 0.1) is 4.88 Å². The maximum atomic E-state index is 13.4. The Hall–Kier alpha value is -3.45. The van der Waals surface area contributed by atoms with Crippen LogP contribution in [0.25, 0.3) is 0 Å². The van der Waals surface area contributed by atoms with E-state index in [1.54, 1.807) is 6.07 Å². The molecule has 182 valence electrons. The van der Waals surface area contributed by atoms with Crippen LogP contribution in [0.3, 0.4) is 0 Å². The molecule has 1 fully saturated rings. The van der Waals surface area contributed by atoms with Gasteiger partial charge in [-0.05, 0) is 60.5 Å². The summed E-state index contributed by atoms with van der Waals surface area (Å²) in [7, 11) is 0. The molecule has 0 bridgehead atoms. The minimum Gasteiger partial charge on any atom is -0.347 e. The number of benzene rings is 2. The highest BCUT2D eigenvalue weighted by atomic mass is 32.1. The largest absolute Gasteiger partial charge is 0.347 e. The molecule has 1 saturated heterocycles. The summed E-state index contributed by atoms with van der Waals surface area (Å²) in [5.74, 6) is -0.0144. The second-order valence-corrected chi connectivity index (χ2v) is 9.69. The Labute approximate surface area is 210 Å². The van der Waals surface area contributed by atoms with Gasteiger partial charge in [-0.2, -0.15) is 0 Å². The van der Waals surface area contributed by atoms with E-state index in [2.05, 4.69) is 12.2 Å². The number of carbonyl (C=O) groups excluding carboxylic acids is 3. The van der Waals surface area contributed by atoms with Gasteiger partial charge in [-0.3, -0.25) is 14.4 Å². The molecular formula is C28H31N3O3S. The lowest BCUT2D eigenvalue weighted by Gasteiger charge is -2.38. The van der Waals surface area contributed by atoms with E-state index in [0.29, 0.717) is 42.2 Å². The fourth-order valence-electron chi connectivity index (χ4n) is 4.44. The molecule has 0 spiro atoms. The van der Waals surface area contributed by atoms with Gasteiger partial charge >= 0.3 is 0 Å². The molecule has 1 N–H and O–H groups in total. The van der Waals surface area contributed by atoms with Crippen molar-refractivity contribution in [2.45, 2.75) is 38.8 Å². The number of piperidine rings is 1. The Bertz CT molecular complexity index is 1120. The van der Waals surface area contributed by atoms with Crippen molar-refractivity contribution < 1.29 is 14.4 Å². The molecule has 1 aromatic heterocycles. The van der Waals surface area contributed by atoms with Gasteiger partial charge in [0.25, 0.3) is 17.7 Å². The van der Waals surface area contributed by atoms with Crippen molar-refractivity contribution in [1.29, 1.82) is 0 Å². The molecular weight excluding hydrogens is 458 g/mol. The summed E-state index contributed by atoms with van der Waals surface area (Å²) in [5, 5.41) is 4.79. The third-order valence-corrected chi connectivity index (χ3v) is 7.21. The molecule has 0 aliphatic carbocycles. The Morgan fingerprint density at radius 1 is 0.943 bits per heavy atom. The van der Waals surface area contributed by atoms with Gasteiger partial charge in [0, 0.05) is 43.3 Å². The Morgan fingerprint density at radius 2 is 1.66 bits per heavy atom. The SMILES string of the molecule is CCCN(C(=O)c1ccc(CNC(=O)c2cccs2)cc1)C1CCN(C(=O)c2ccccc2)CC1. The summed E-state index contributed by atoms with van der Waals surface area (Å²) in [4.78, 5) is 42.8. The Morgan fingerprint density at radius 3 is 2.29 bits per heavy atom. The minimum absolute atomic E-state index is 0.0221. The molecule has 0 unspecified atom stereocenters. The van der Waals surface area contributed by atoms with Gasteiger partial charge in [0.2, 0.25) is 0 Å². The number of carbonyl (C=O) groups is 3. The first kappa shape index (κ1) is 24.7. The van der Waals surface area contributed by atoms with Crippen molar-refractivity contribution in [2.24, 2.45) is 0 Å². The zero-order chi connectivity index (χ0) is 24.6. The van der Waals surface area contributed by atoms with Crippen molar-refractivity contribution in [2.75, 3.05) is 19.6 Å². The van der Waals surface area contributed by atoms with E-state index in [1.165, 1.54) is 11.3 Å². The summed E-state index contributed by atoms with van der Waals surface area (Å²) >= 11 is 1.41. The minimum atomic E-state index is -0.0913. The first-order valence-electron chi connectivity index (χ1n) is 12.1. The molecule has 7 heteroatoms. The predicted octanol–water partition coefficient (Wildman–Crippen LogP) is 4.84.